The van der Waals surface area contributed by atoms with Gasteiger partial charge in [0.05, 0.1) is 21.7 Å². The Hall–Kier alpha value is -3.15. The summed E-state index contributed by atoms with van der Waals surface area (Å²) in [6, 6.07) is 9.28. The number of imidazole rings is 1. The van der Waals surface area contributed by atoms with Gasteiger partial charge in [0.25, 0.3) is 5.69 Å². The fourth-order valence-electron chi connectivity index (χ4n) is 2.48. The summed E-state index contributed by atoms with van der Waals surface area (Å²) in [4.78, 5) is 26.4. The summed E-state index contributed by atoms with van der Waals surface area (Å²) in [6.45, 7) is -1.45. The molecule has 1 N–H and O–H groups in total. The van der Waals surface area contributed by atoms with Gasteiger partial charge in [-0.1, -0.05) is 11.8 Å². The summed E-state index contributed by atoms with van der Waals surface area (Å²) >= 11 is 0.854. The van der Waals surface area contributed by atoms with Gasteiger partial charge in [-0.3, -0.25) is 19.5 Å². The van der Waals surface area contributed by atoms with Crippen LogP contribution in [0.2, 0.25) is 0 Å². The zero-order valence-corrected chi connectivity index (χ0v) is 15.3. The average Bonchev–Trinajstić information content (AvgIpc) is 3.02. The number of nitrogens with zero attached hydrogens (tertiary/aromatic N) is 3. The van der Waals surface area contributed by atoms with Gasteiger partial charge in [-0.25, -0.2) is 9.37 Å². The number of rotatable bonds is 6. The number of fused-ring (bicyclic) bond motifs is 1. The molecule has 0 aliphatic carbocycles. The van der Waals surface area contributed by atoms with E-state index in [-0.39, 0.29) is 22.1 Å². The summed E-state index contributed by atoms with van der Waals surface area (Å²) in [5.41, 5.74) is 0.990. The molecule has 2 aromatic carbocycles. The van der Waals surface area contributed by atoms with Gasteiger partial charge < -0.3 is 5.32 Å². The zero-order valence-electron chi connectivity index (χ0n) is 14.4. The van der Waals surface area contributed by atoms with E-state index in [1.54, 1.807) is 9.88 Å². The minimum atomic E-state index is -4.53. The molecule has 0 saturated heterocycles. The van der Waals surface area contributed by atoms with Crippen molar-refractivity contribution in [2.75, 3.05) is 12.3 Å². The van der Waals surface area contributed by atoms with E-state index in [1.807, 2.05) is 0 Å². The lowest BCUT2D eigenvalue weighted by atomic mass is 10.2. The molecule has 0 aliphatic heterocycles. The molecular formula is C17H12F4N4O3S. The third-order valence-corrected chi connectivity index (χ3v) is 4.66. The van der Waals surface area contributed by atoms with Crippen molar-refractivity contribution >= 4 is 34.4 Å². The van der Waals surface area contributed by atoms with Gasteiger partial charge in [-0.2, -0.15) is 13.2 Å². The Morgan fingerprint density at radius 1 is 1.21 bits per heavy atom. The van der Waals surface area contributed by atoms with Crippen LogP contribution < -0.4 is 5.32 Å². The van der Waals surface area contributed by atoms with Gasteiger partial charge in [0.1, 0.15) is 12.4 Å². The molecule has 1 aromatic heterocycles. The van der Waals surface area contributed by atoms with Crippen LogP contribution in [0.4, 0.5) is 23.2 Å². The SMILES string of the molecule is O=C(CSc1nc2cc([N+](=O)[O-])ccc2n1-c1ccc(F)cc1)NCC(F)(F)F. The topological polar surface area (TPSA) is 90.1 Å². The van der Waals surface area contributed by atoms with Crippen LogP contribution in [-0.4, -0.2) is 38.9 Å². The van der Waals surface area contributed by atoms with E-state index in [1.165, 1.54) is 42.5 Å². The monoisotopic (exact) mass is 428 g/mol. The molecule has 0 spiro atoms. The van der Waals surface area contributed by atoms with Crippen LogP contribution in [0.5, 0.6) is 0 Å². The van der Waals surface area contributed by atoms with Crippen LogP contribution in [-0.2, 0) is 4.79 Å². The molecule has 0 unspecified atom stereocenters. The minimum Gasteiger partial charge on any atom is -0.346 e. The Bertz CT molecular complexity index is 1070. The van der Waals surface area contributed by atoms with Crippen molar-refractivity contribution in [3.63, 3.8) is 0 Å². The number of alkyl halides is 3. The number of halogens is 4. The first-order valence-electron chi connectivity index (χ1n) is 8.03. The van der Waals surface area contributed by atoms with E-state index < -0.39 is 29.4 Å². The number of nitrogens with one attached hydrogen (secondary N) is 1. The molecular weight excluding hydrogens is 416 g/mol. The normalized spacial score (nSPS) is 11.6. The Labute approximate surface area is 164 Å². The zero-order chi connectivity index (χ0) is 21.2. The molecule has 0 atom stereocenters. The molecule has 3 rings (SSSR count). The lowest BCUT2D eigenvalue weighted by Crippen LogP contribution is -2.34. The highest BCUT2D eigenvalue weighted by Gasteiger charge is 2.27. The standard InChI is InChI=1S/C17H12F4N4O3S/c18-10-1-3-11(4-2-10)24-14-6-5-12(25(27)28)7-13(14)23-16(24)29-8-15(26)22-9-17(19,20)21/h1-7H,8-9H2,(H,22,26). The number of benzene rings is 2. The van der Waals surface area contributed by atoms with Crippen molar-refractivity contribution in [1.82, 2.24) is 14.9 Å². The summed E-state index contributed by atoms with van der Waals surface area (Å²) < 4.78 is 51.5. The molecule has 12 heteroatoms. The first-order chi connectivity index (χ1) is 13.6. The third-order valence-electron chi connectivity index (χ3n) is 3.72. The number of non-ortho nitro benzene ring substituents is 1. The van der Waals surface area contributed by atoms with Gasteiger partial charge in [0.15, 0.2) is 5.16 Å². The molecule has 29 heavy (non-hydrogen) atoms. The van der Waals surface area contributed by atoms with Gasteiger partial charge in [0, 0.05) is 17.8 Å². The molecule has 7 nitrogen and oxygen atoms in total. The van der Waals surface area contributed by atoms with Crippen LogP contribution in [0, 0.1) is 15.9 Å². The largest absolute Gasteiger partial charge is 0.405 e. The number of aromatic nitrogens is 2. The second kappa shape index (κ2) is 8.07. The maximum absolute atomic E-state index is 13.3. The van der Waals surface area contributed by atoms with Gasteiger partial charge >= 0.3 is 6.18 Å². The first kappa shape index (κ1) is 20.6. The van der Waals surface area contributed by atoms with Crippen LogP contribution in [0.15, 0.2) is 47.6 Å². The van der Waals surface area contributed by atoms with Crippen molar-refractivity contribution in [3.8, 4) is 5.69 Å². The Morgan fingerprint density at radius 3 is 2.52 bits per heavy atom. The van der Waals surface area contributed by atoms with Crippen molar-refractivity contribution in [2.24, 2.45) is 0 Å². The predicted molar refractivity (Wildman–Crippen MR) is 97.5 cm³/mol. The van der Waals surface area contributed by atoms with E-state index in [2.05, 4.69) is 4.98 Å². The van der Waals surface area contributed by atoms with Crippen molar-refractivity contribution in [1.29, 1.82) is 0 Å². The molecule has 0 saturated carbocycles. The summed E-state index contributed by atoms with van der Waals surface area (Å²) in [7, 11) is 0. The van der Waals surface area contributed by atoms with Crippen molar-refractivity contribution in [3.05, 3.63) is 58.4 Å². The van der Waals surface area contributed by atoms with Gasteiger partial charge in [0.2, 0.25) is 5.91 Å². The number of nitro groups is 1. The lowest BCUT2D eigenvalue weighted by molar-refractivity contribution is -0.384. The first-order valence-corrected chi connectivity index (χ1v) is 9.02. The Kier molecular flexibility index (Phi) is 5.73. The second-order valence-corrected chi connectivity index (χ2v) is 6.76. The van der Waals surface area contributed by atoms with Crippen LogP contribution in [0.25, 0.3) is 16.7 Å². The number of nitro benzene ring substituents is 1. The summed E-state index contributed by atoms with van der Waals surface area (Å²) in [5, 5.41) is 13.0. The average molecular weight is 428 g/mol. The van der Waals surface area contributed by atoms with Crippen LogP contribution in [0.3, 0.4) is 0 Å². The van der Waals surface area contributed by atoms with E-state index in [0.717, 1.165) is 11.8 Å². The molecule has 0 bridgehead atoms. The van der Waals surface area contributed by atoms with E-state index in [4.69, 9.17) is 0 Å². The number of amides is 1. The number of thioether (sulfide) groups is 1. The smallest absolute Gasteiger partial charge is 0.346 e. The van der Waals surface area contributed by atoms with E-state index in [0.29, 0.717) is 11.2 Å². The van der Waals surface area contributed by atoms with E-state index >= 15 is 0 Å². The van der Waals surface area contributed by atoms with E-state index in [9.17, 15) is 32.5 Å². The molecule has 0 aliphatic rings. The fraction of sp³-hybridized carbons (Fsp3) is 0.176. The second-order valence-electron chi connectivity index (χ2n) is 5.82. The number of hydrogen-bond donors (Lipinski definition) is 1. The fourth-order valence-corrected chi connectivity index (χ4v) is 3.33. The number of carbonyl (C=O) groups is 1. The van der Waals surface area contributed by atoms with Gasteiger partial charge in [-0.05, 0) is 30.3 Å². The highest BCUT2D eigenvalue weighted by atomic mass is 32.2. The summed E-state index contributed by atoms with van der Waals surface area (Å²) in [5.74, 6) is -1.69. The Morgan fingerprint density at radius 2 is 1.90 bits per heavy atom. The molecule has 3 aromatic rings. The maximum atomic E-state index is 13.3. The maximum Gasteiger partial charge on any atom is 0.405 e. The van der Waals surface area contributed by atoms with Crippen LogP contribution >= 0.6 is 11.8 Å². The molecule has 0 fully saturated rings. The van der Waals surface area contributed by atoms with Crippen molar-refractivity contribution < 1.29 is 27.3 Å². The molecule has 1 heterocycles. The predicted octanol–water partition coefficient (Wildman–Crippen LogP) is 3.84. The molecule has 1 amide bonds. The molecule has 152 valence electrons. The minimum absolute atomic E-state index is 0.194. The highest BCUT2D eigenvalue weighted by Crippen LogP contribution is 2.30. The van der Waals surface area contributed by atoms with Gasteiger partial charge in [-0.15, -0.1) is 0 Å². The summed E-state index contributed by atoms with van der Waals surface area (Å²) in [6.07, 6.45) is -4.53. The number of hydrogen-bond acceptors (Lipinski definition) is 5. The highest BCUT2D eigenvalue weighted by molar-refractivity contribution is 7.99. The lowest BCUT2D eigenvalue weighted by Gasteiger charge is -2.10. The quantitative estimate of drug-likeness (QED) is 0.279. The Balaban J connectivity index is 1.94. The number of carbonyl (C=O) groups excluding carboxylic acids is 1. The van der Waals surface area contributed by atoms with Crippen LogP contribution in [0.1, 0.15) is 0 Å². The molecule has 0 radical (unpaired) electrons. The third kappa shape index (κ3) is 5.02. The van der Waals surface area contributed by atoms with Crippen molar-refractivity contribution in [2.45, 2.75) is 11.3 Å².